The van der Waals surface area contributed by atoms with Crippen molar-refractivity contribution in [3.8, 4) is 0 Å². The Morgan fingerprint density at radius 2 is 1.89 bits per heavy atom. The van der Waals surface area contributed by atoms with Gasteiger partial charge in [-0.15, -0.1) is 11.8 Å². The zero-order chi connectivity index (χ0) is 19.9. The first-order chi connectivity index (χ1) is 13.5. The van der Waals surface area contributed by atoms with Crippen molar-refractivity contribution in [3.63, 3.8) is 0 Å². The monoisotopic (exact) mass is 460 g/mol. The molecule has 0 fully saturated rings. The van der Waals surface area contributed by atoms with Crippen LogP contribution in [0, 0.1) is 6.92 Å². The van der Waals surface area contributed by atoms with Crippen LogP contribution < -0.4 is 10.6 Å². The standard InChI is InChI=1S/C20H21BrN4O2S/c1-14-23-17-7-2-3-8-18(17)25(14)10-9-22-19(26)12-28-13-20(27)24-16-6-4-5-15(21)11-16/h2-8,11H,9-10,12-13H2,1H3,(H,22,26)(H,24,27). The van der Waals surface area contributed by atoms with E-state index in [1.54, 1.807) is 0 Å². The second-order valence-corrected chi connectivity index (χ2v) is 8.10. The van der Waals surface area contributed by atoms with Gasteiger partial charge >= 0.3 is 0 Å². The van der Waals surface area contributed by atoms with Crippen LogP contribution in [0.3, 0.4) is 0 Å². The summed E-state index contributed by atoms with van der Waals surface area (Å²) in [6, 6.07) is 15.3. The number of imidazole rings is 1. The molecule has 0 saturated heterocycles. The Kier molecular flexibility index (Phi) is 7.11. The van der Waals surface area contributed by atoms with E-state index in [0.29, 0.717) is 13.1 Å². The number of hydrogen-bond donors (Lipinski definition) is 2. The number of benzene rings is 2. The van der Waals surface area contributed by atoms with E-state index in [-0.39, 0.29) is 23.3 Å². The fourth-order valence-electron chi connectivity index (χ4n) is 2.84. The molecule has 0 saturated carbocycles. The van der Waals surface area contributed by atoms with Crippen molar-refractivity contribution in [2.75, 3.05) is 23.4 Å². The summed E-state index contributed by atoms with van der Waals surface area (Å²) in [6.45, 7) is 3.14. The van der Waals surface area contributed by atoms with E-state index in [0.717, 1.165) is 27.0 Å². The number of carbonyl (C=O) groups is 2. The molecule has 0 unspecified atom stereocenters. The van der Waals surface area contributed by atoms with Crippen LogP contribution in [0.25, 0.3) is 11.0 Å². The molecule has 6 nitrogen and oxygen atoms in total. The molecule has 2 amide bonds. The molecule has 0 aliphatic rings. The maximum atomic E-state index is 12.0. The van der Waals surface area contributed by atoms with E-state index in [1.165, 1.54) is 11.8 Å². The first-order valence-electron chi connectivity index (χ1n) is 8.84. The number of thioether (sulfide) groups is 1. The van der Waals surface area contributed by atoms with Gasteiger partial charge in [-0.25, -0.2) is 4.98 Å². The van der Waals surface area contributed by atoms with Gasteiger partial charge in [0.2, 0.25) is 11.8 Å². The fourth-order valence-corrected chi connectivity index (χ4v) is 3.88. The van der Waals surface area contributed by atoms with Crippen LogP contribution in [0.1, 0.15) is 5.82 Å². The zero-order valence-corrected chi connectivity index (χ0v) is 17.8. The normalized spacial score (nSPS) is 10.8. The molecule has 0 radical (unpaired) electrons. The van der Waals surface area contributed by atoms with Crippen molar-refractivity contribution in [2.24, 2.45) is 0 Å². The third-order valence-corrected chi connectivity index (χ3v) is 5.50. The summed E-state index contributed by atoms with van der Waals surface area (Å²) in [6.07, 6.45) is 0. The van der Waals surface area contributed by atoms with Gasteiger partial charge in [-0.1, -0.05) is 34.1 Å². The fraction of sp³-hybridized carbons (Fsp3) is 0.250. The van der Waals surface area contributed by atoms with Gasteiger partial charge in [-0.3, -0.25) is 9.59 Å². The van der Waals surface area contributed by atoms with Crippen LogP contribution >= 0.6 is 27.7 Å². The third kappa shape index (κ3) is 5.59. The Bertz CT molecular complexity index is 989. The summed E-state index contributed by atoms with van der Waals surface area (Å²) in [4.78, 5) is 28.5. The molecular weight excluding hydrogens is 440 g/mol. The molecule has 2 aromatic carbocycles. The van der Waals surface area contributed by atoms with Crippen LogP contribution in [0.2, 0.25) is 0 Å². The number of aryl methyl sites for hydroxylation is 1. The highest BCUT2D eigenvalue weighted by Crippen LogP contribution is 2.16. The van der Waals surface area contributed by atoms with Crippen LogP contribution in [-0.2, 0) is 16.1 Å². The smallest absolute Gasteiger partial charge is 0.234 e. The van der Waals surface area contributed by atoms with E-state index in [4.69, 9.17) is 0 Å². The summed E-state index contributed by atoms with van der Waals surface area (Å²) in [5.74, 6) is 1.19. The molecule has 2 N–H and O–H groups in total. The summed E-state index contributed by atoms with van der Waals surface area (Å²) < 4.78 is 2.99. The molecule has 0 aliphatic heterocycles. The van der Waals surface area contributed by atoms with Crippen molar-refractivity contribution >= 4 is 56.2 Å². The first-order valence-corrected chi connectivity index (χ1v) is 10.8. The number of nitrogens with zero attached hydrogens (tertiary/aromatic N) is 2. The molecule has 1 heterocycles. The van der Waals surface area contributed by atoms with E-state index < -0.39 is 0 Å². The number of aromatic nitrogens is 2. The minimum atomic E-state index is -0.128. The van der Waals surface area contributed by atoms with Crippen molar-refractivity contribution in [1.82, 2.24) is 14.9 Å². The Hall–Kier alpha value is -2.32. The molecular formula is C20H21BrN4O2S. The Morgan fingerprint density at radius 3 is 2.71 bits per heavy atom. The van der Waals surface area contributed by atoms with Gasteiger partial charge in [0.25, 0.3) is 0 Å². The number of para-hydroxylation sites is 2. The molecule has 0 aliphatic carbocycles. The molecule has 3 rings (SSSR count). The summed E-state index contributed by atoms with van der Waals surface area (Å²) >= 11 is 4.66. The molecule has 28 heavy (non-hydrogen) atoms. The minimum absolute atomic E-state index is 0.0812. The topological polar surface area (TPSA) is 76.0 Å². The molecule has 0 atom stereocenters. The SMILES string of the molecule is Cc1nc2ccccc2n1CCNC(=O)CSCC(=O)Nc1cccc(Br)c1. The van der Waals surface area contributed by atoms with Crippen molar-refractivity contribution in [2.45, 2.75) is 13.5 Å². The van der Waals surface area contributed by atoms with Gasteiger partial charge in [-0.05, 0) is 37.3 Å². The van der Waals surface area contributed by atoms with Gasteiger partial charge in [0.05, 0.1) is 22.5 Å². The lowest BCUT2D eigenvalue weighted by Crippen LogP contribution is -2.29. The Labute approximate surface area is 176 Å². The lowest BCUT2D eigenvalue weighted by atomic mass is 10.3. The average Bonchev–Trinajstić information content (AvgIpc) is 2.97. The van der Waals surface area contributed by atoms with Gasteiger partial charge in [0, 0.05) is 23.2 Å². The highest BCUT2D eigenvalue weighted by molar-refractivity contribution is 9.10. The Morgan fingerprint density at radius 1 is 1.11 bits per heavy atom. The summed E-state index contributed by atoms with van der Waals surface area (Å²) in [5, 5.41) is 5.71. The van der Waals surface area contributed by atoms with Gasteiger partial charge in [0.1, 0.15) is 5.82 Å². The molecule has 0 spiro atoms. The second kappa shape index (κ2) is 9.75. The highest BCUT2D eigenvalue weighted by atomic mass is 79.9. The van der Waals surface area contributed by atoms with Gasteiger partial charge < -0.3 is 15.2 Å². The number of rotatable bonds is 8. The maximum absolute atomic E-state index is 12.0. The number of fused-ring (bicyclic) bond motifs is 1. The molecule has 8 heteroatoms. The molecule has 3 aromatic rings. The largest absolute Gasteiger partial charge is 0.354 e. The van der Waals surface area contributed by atoms with Gasteiger partial charge in [-0.2, -0.15) is 0 Å². The molecule has 146 valence electrons. The van der Waals surface area contributed by atoms with Crippen LogP contribution in [0.4, 0.5) is 5.69 Å². The predicted molar refractivity (Wildman–Crippen MR) is 118 cm³/mol. The molecule has 1 aromatic heterocycles. The number of hydrogen-bond acceptors (Lipinski definition) is 4. The van der Waals surface area contributed by atoms with Crippen molar-refractivity contribution in [1.29, 1.82) is 0 Å². The first kappa shape index (κ1) is 20.4. The highest BCUT2D eigenvalue weighted by Gasteiger charge is 2.08. The number of halogens is 1. The van der Waals surface area contributed by atoms with E-state index in [9.17, 15) is 9.59 Å². The average molecular weight is 461 g/mol. The zero-order valence-electron chi connectivity index (χ0n) is 15.4. The molecule has 0 bridgehead atoms. The number of amides is 2. The van der Waals surface area contributed by atoms with Gasteiger partial charge in [0.15, 0.2) is 0 Å². The van der Waals surface area contributed by atoms with Crippen LogP contribution in [0.15, 0.2) is 53.0 Å². The quantitative estimate of drug-likeness (QED) is 0.538. The lowest BCUT2D eigenvalue weighted by molar-refractivity contribution is -0.118. The second-order valence-electron chi connectivity index (χ2n) is 6.20. The maximum Gasteiger partial charge on any atom is 0.234 e. The van der Waals surface area contributed by atoms with Crippen molar-refractivity contribution < 1.29 is 9.59 Å². The van der Waals surface area contributed by atoms with Crippen molar-refractivity contribution in [3.05, 3.63) is 58.8 Å². The van der Waals surface area contributed by atoms with E-state index in [2.05, 4.69) is 36.1 Å². The lowest BCUT2D eigenvalue weighted by Gasteiger charge is -2.09. The third-order valence-electron chi connectivity index (χ3n) is 4.08. The number of carbonyl (C=O) groups excluding carboxylic acids is 2. The van der Waals surface area contributed by atoms with Crippen LogP contribution in [-0.4, -0.2) is 39.4 Å². The predicted octanol–water partition coefficient (Wildman–Crippen LogP) is 3.60. The van der Waals surface area contributed by atoms with E-state index in [1.807, 2.05) is 55.5 Å². The number of anilines is 1. The summed E-state index contributed by atoms with van der Waals surface area (Å²) in [5.41, 5.74) is 2.75. The Balaban J connectivity index is 1.37. The van der Waals surface area contributed by atoms with E-state index >= 15 is 0 Å². The number of nitrogens with one attached hydrogen (secondary N) is 2. The minimum Gasteiger partial charge on any atom is -0.354 e. The summed E-state index contributed by atoms with van der Waals surface area (Å²) in [7, 11) is 0. The van der Waals surface area contributed by atoms with Crippen LogP contribution in [0.5, 0.6) is 0 Å².